The minimum atomic E-state index is -1.18. The van der Waals surface area contributed by atoms with Gasteiger partial charge in [0.25, 0.3) is 0 Å². The summed E-state index contributed by atoms with van der Waals surface area (Å²) >= 11 is 0. The van der Waals surface area contributed by atoms with Crippen LogP contribution in [0.1, 0.15) is 47.0 Å². The Morgan fingerprint density at radius 1 is 1.39 bits per heavy atom. The van der Waals surface area contributed by atoms with Crippen molar-refractivity contribution >= 4 is 12.0 Å². The van der Waals surface area contributed by atoms with Crippen LogP contribution in [0.3, 0.4) is 0 Å². The third kappa shape index (κ3) is 2.94. The Labute approximate surface area is 109 Å². The summed E-state index contributed by atoms with van der Waals surface area (Å²) in [5.74, 6) is -0.514. The molecule has 1 aliphatic carbocycles. The lowest BCUT2D eigenvalue weighted by molar-refractivity contribution is -0.147. The number of urea groups is 1. The van der Waals surface area contributed by atoms with Crippen LogP contribution in [-0.2, 0) is 4.79 Å². The molecule has 18 heavy (non-hydrogen) atoms. The van der Waals surface area contributed by atoms with Crippen molar-refractivity contribution in [1.29, 1.82) is 0 Å². The van der Waals surface area contributed by atoms with E-state index in [2.05, 4.69) is 12.2 Å². The van der Waals surface area contributed by atoms with Crippen molar-refractivity contribution in [2.75, 3.05) is 6.54 Å². The highest BCUT2D eigenvalue weighted by Gasteiger charge is 2.38. The van der Waals surface area contributed by atoms with Gasteiger partial charge < -0.3 is 15.3 Å². The van der Waals surface area contributed by atoms with Crippen molar-refractivity contribution < 1.29 is 14.7 Å². The molecule has 2 N–H and O–H groups in total. The molecule has 2 amide bonds. The van der Waals surface area contributed by atoms with Crippen LogP contribution in [0.25, 0.3) is 0 Å². The summed E-state index contributed by atoms with van der Waals surface area (Å²) in [4.78, 5) is 24.8. The van der Waals surface area contributed by atoms with Gasteiger partial charge in [0.2, 0.25) is 0 Å². The molecule has 2 unspecified atom stereocenters. The third-order valence-corrected chi connectivity index (χ3v) is 3.93. The number of carboxylic acid groups (broad SMARTS) is 1. The zero-order valence-corrected chi connectivity index (χ0v) is 11.7. The van der Waals surface area contributed by atoms with Gasteiger partial charge in [-0.3, -0.25) is 0 Å². The Balaban J connectivity index is 2.71. The molecule has 5 nitrogen and oxygen atoms in total. The number of nitrogens with one attached hydrogen (secondary N) is 1. The zero-order valence-electron chi connectivity index (χ0n) is 11.7. The highest BCUT2D eigenvalue weighted by Crippen LogP contribution is 2.25. The molecule has 0 aromatic carbocycles. The maximum Gasteiger partial charge on any atom is 0.329 e. The average molecular weight is 256 g/mol. The van der Waals surface area contributed by atoms with E-state index >= 15 is 0 Å². The predicted molar refractivity (Wildman–Crippen MR) is 69.4 cm³/mol. The lowest BCUT2D eigenvalue weighted by atomic mass is 10.0. The van der Waals surface area contributed by atoms with Crippen molar-refractivity contribution in [3.05, 3.63) is 0 Å². The number of likely N-dealkylation sites (N-methyl/N-ethyl adjacent to an activating group) is 1. The molecular formula is C13H24N2O3. The zero-order chi connectivity index (χ0) is 13.9. The molecule has 1 rings (SSSR count). The Morgan fingerprint density at radius 2 is 2.00 bits per heavy atom. The SMILES string of the molecule is CCN(C(=O)NC1CCCC1C)C(C)(C)C(=O)O. The number of aliphatic carboxylic acids is 1. The number of rotatable bonds is 4. The summed E-state index contributed by atoms with van der Waals surface area (Å²) in [6, 6.07) is -0.0974. The molecule has 0 aromatic heterocycles. The summed E-state index contributed by atoms with van der Waals surface area (Å²) in [5.41, 5.74) is -1.18. The number of carboxylic acids is 1. The molecule has 0 saturated heterocycles. The predicted octanol–water partition coefficient (Wildman–Crippen LogP) is 2.07. The molecule has 5 heteroatoms. The number of nitrogens with zero attached hydrogens (tertiary/aromatic N) is 1. The average Bonchev–Trinajstić information content (AvgIpc) is 2.64. The fourth-order valence-corrected chi connectivity index (χ4v) is 2.50. The van der Waals surface area contributed by atoms with E-state index in [0.29, 0.717) is 12.5 Å². The topological polar surface area (TPSA) is 69.6 Å². The molecule has 104 valence electrons. The molecular weight excluding hydrogens is 232 g/mol. The van der Waals surface area contributed by atoms with Gasteiger partial charge in [-0.1, -0.05) is 13.3 Å². The summed E-state index contributed by atoms with van der Waals surface area (Å²) in [6.45, 7) is 7.40. The standard InChI is InChI=1S/C13H24N2O3/c1-5-15(13(3,4)11(16)17)12(18)14-10-8-6-7-9(10)2/h9-10H,5-8H2,1-4H3,(H,14,18)(H,16,17). The molecule has 0 aliphatic heterocycles. The summed E-state index contributed by atoms with van der Waals surface area (Å²) < 4.78 is 0. The van der Waals surface area contributed by atoms with Crippen LogP contribution in [0.4, 0.5) is 4.79 Å². The van der Waals surface area contributed by atoms with Crippen LogP contribution in [0, 0.1) is 5.92 Å². The smallest absolute Gasteiger partial charge is 0.329 e. The van der Waals surface area contributed by atoms with Gasteiger partial charge in [0.1, 0.15) is 5.54 Å². The van der Waals surface area contributed by atoms with Crippen LogP contribution in [0.5, 0.6) is 0 Å². The maximum atomic E-state index is 12.2. The first-order chi connectivity index (χ1) is 8.30. The van der Waals surface area contributed by atoms with E-state index < -0.39 is 11.5 Å². The fraction of sp³-hybridized carbons (Fsp3) is 0.846. The van der Waals surface area contributed by atoms with Crippen LogP contribution in [-0.4, -0.2) is 40.1 Å². The fourth-order valence-electron chi connectivity index (χ4n) is 2.50. The summed E-state index contributed by atoms with van der Waals surface area (Å²) in [7, 11) is 0. The first-order valence-corrected chi connectivity index (χ1v) is 6.62. The van der Waals surface area contributed by atoms with E-state index in [1.165, 1.54) is 4.90 Å². The second-order valence-corrected chi connectivity index (χ2v) is 5.57. The van der Waals surface area contributed by atoms with Gasteiger partial charge in [-0.15, -0.1) is 0 Å². The van der Waals surface area contributed by atoms with Crippen molar-refractivity contribution in [2.45, 2.75) is 58.5 Å². The first-order valence-electron chi connectivity index (χ1n) is 6.62. The number of hydrogen-bond acceptors (Lipinski definition) is 2. The molecule has 0 aromatic rings. The van der Waals surface area contributed by atoms with E-state index in [1.54, 1.807) is 20.8 Å². The van der Waals surface area contributed by atoms with E-state index in [0.717, 1.165) is 19.3 Å². The lowest BCUT2D eigenvalue weighted by Crippen LogP contribution is -2.57. The number of amides is 2. The van der Waals surface area contributed by atoms with Crippen LogP contribution < -0.4 is 5.32 Å². The van der Waals surface area contributed by atoms with Crippen LogP contribution in [0.2, 0.25) is 0 Å². The Bertz CT molecular complexity index is 328. The van der Waals surface area contributed by atoms with Crippen molar-refractivity contribution in [1.82, 2.24) is 10.2 Å². The molecule has 2 atom stereocenters. The normalized spacial score (nSPS) is 23.8. The van der Waals surface area contributed by atoms with E-state index in [-0.39, 0.29) is 12.1 Å². The van der Waals surface area contributed by atoms with Crippen molar-refractivity contribution in [2.24, 2.45) is 5.92 Å². The van der Waals surface area contributed by atoms with Gasteiger partial charge in [-0.25, -0.2) is 9.59 Å². The van der Waals surface area contributed by atoms with Gasteiger partial charge in [0.15, 0.2) is 0 Å². The van der Waals surface area contributed by atoms with Gasteiger partial charge in [0, 0.05) is 12.6 Å². The highest BCUT2D eigenvalue weighted by atomic mass is 16.4. The highest BCUT2D eigenvalue weighted by molar-refractivity contribution is 5.85. The number of hydrogen-bond donors (Lipinski definition) is 2. The molecule has 0 bridgehead atoms. The van der Waals surface area contributed by atoms with Gasteiger partial charge in [0.05, 0.1) is 0 Å². The van der Waals surface area contributed by atoms with Crippen LogP contribution in [0.15, 0.2) is 0 Å². The molecule has 0 heterocycles. The monoisotopic (exact) mass is 256 g/mol. The minimum Gasteiger partial charge on any atom is -0.480 e. The van der Waals surface area contributed by atoms with E-state index in [9.17, 15) is 14.7 Å². The molecule has 1 saturated carbocycles. The minimum absolute atomic E-state index is 0.177. The molecule has 0 radical (unpaired) electrons. The van der Waals surface area contributed by atoms with Crippen molar-refractivity contribution in [3.8, 4) is 0 Å². The summed E-state index contributed by atoms with van der Waals surface area (Å²) in [5, 5.41) is 12.1. The van der Waals surface area contributed by atoms with Gasteiger partial charge in [-0.2, -0.15) is 0 Å². The maximum absolute atomic E-state index is 12.2. The number of carbonyl (C=O) groups is 2. The van der Waals surface area contributed by atoms with Crippen molar-refractivity contribution in [3.63, 3.8) is 0 Å². The Morgan fingerprint density at radius 3 is 2.39 bits per heavy atom. The van der Waals surface area contributed by atoms with Crippen LogP contribution >= 0.6 is 0 Å². The Kier molecular flexibility index (Phi) is 4.59. The molecule has 0 spiro atoms. The second-order valence-electron chi connectivity index (χ2n) is 5.57. The third-order valence-electron chi connectivity index (χ3n) is 3.93. The lowest BCUT2D eigenvalue weighted by Gasteiger charge is -2.35. The Hall–Kier alpha value is -1.26. The quantitative estimate of drug-likeness (QED) is 0.809. The molecule has 1 aliphatic rings. The number of carbonyl (C=O) groups excluding carboxylic acids is 1. The van der Waals surface area contributed by atoms with E-state index in [1.807, 2.05) is 0 Å². The van der Waals surface area contributed by atoms with Gasteiger partial charge in [-0.05, 0) is 39.5 Å². The first kappa shape index (κ1) is 14.8. The van der Waals surface area contributed by atoms with Gasteiger partial charge >= 0.3 is 12.0 Å². The van der Waals surface area contributed by atoms with E-state index in [4.69, 9.17) is 0 Å². The summed E-state index contributed by atoms with van der Waals surface area (Å²) in [6.07, 6.45) is 3.23. The molecule has 1 fully saturated rings. The largest absolute Gasteiger partial charge is 0.480 e. The second kappa shape index (κ2) is 5.59.